The van der Waals surface area contributed by atoms with Gasteiger partial charge in [-0.25, -0.2) is 0 Å². The van der Waals surface area contributed by atoms with Crippen LogP contribution >= 0.6 is 0 Å². The predicted molar refractivity (Wildman–Crippen MR) is 306 cm³/mol. The smallest absolute Gasteiger partial charge is 0.251 e. The van der Waals surface area contributed by atoms with E-state index in [1.54, 1.807) is 12.1 Å². The van der Waals surface area contributed by atoms with Crippen LogP contribution in [0.3, 0.4) is 0 Å². The molecule has 3 aliphatic rings. The van der Waals surface area contributed by atoms with Crippen LogP contribution in [0.25, 0.3) is 22.3 Å². The van der Waals surface area contributed by atoms with Crippen LogP contribution < -0.4 is 37.1 Å². The van der Waals surface area contributed by atoms with E-state index >= 15 is 0 Å². The molecule has 0 saturated carbocycles. The Bertz CT molecular complexity index is 2930. The number of carbonyl (C=O) groups is 7. The molecule has 3 fully saturated rings. The molecule has 3 aliphatic heterocycles. The van der Waals surface area contributed by atoms with Gasteiger partial charge in [-0.2, -0.15) is 0 Å². The van der Waals surface area contributed by atoms with Crippen LogP contribution in [0.5, 0.6) is 11.5 Å². The number of unbranched alkanes of at least 4 members (excludes halogenated alkanes) is 2. The van der Waals surface area contributed by atoms with Crippen LogP contribution in [0.1, 0.15) is 81.8 Å². The number of rotatable bonds is 17. The Kier molecular flexibility index (Phi) is 22.5. The number of carbonyl (C=O) groups excluding carboxylic acids is 7. The number of aliphatic hydroxyl groups excluding tert-OH is 7. The van der Waals surface area contributed by atoms with Gasteiger partial charge in [0.2, 0.25) is 35.4 Å². The molecule has 4 aromatic rings. The molecule has 6 unspecified atom stereocenters. The van der Waals surface area contributed by atoms with Crippen LogP contribution in [0, 0.1) is 5.92 Å². The standard InChI is InChI=1S/C60H78N8O17/c1-5-6-7-25-84-42-22-18-37(19-23-42)35-10-8-34(9-11-35)36-12-14-39(15-13-36)53(77)62-43-28-45(73)58(85-26-24-61)66-57(81)49-50(74)31(2)29-68(49)60(83)47(33(4)70)64-56(80)48(52(76)51(75)38-16-20-40(71)21-17-38)65-55(79)44-27-41(72)30-67(44)59(82)46(32(3)69)63-54(43)78/h8-23,31-33,41,43-52,58,69-76H,5-7,24-30,61H2,1-4H3,(H,62,77)(H,63,78)(H,64,80)(H,65,79)(H,66,81)/t31-,32+,33+,41+,43-,44?,45+,46?,47?,48?,49?,50-,51-,52-,58?/m0/s1. The summed E-state index contributed by atoms with van der Waals surface area (Å²) >= 11 is 0. The summed E-state index contributed by atoms with van der Waals surface area (Å²) in [6.07, 6.45) is -12.8. The minimum atomic E-state index is -2.29. The Morgan fingerprint density at radius 1 is 0.659 bits per heavy atom. The zero-order valence-corrected chi connectivity index (χ0v) is 47.7. The van der Waals surface area contributed by atoms with E-state index in [0.717, 1.165) is 83.0 Å². The average Bonchev–Trinajstić information content (AvgIpc) is 3.51. The number of fused-ring (bicyclic) bond motifs is 2. The highest BCUT2D eigenvalue weighted by Gasteiger charge is 2.50. The van der Waals surface area contributed by atoms with Crippen LogP contribution in [0.15, 0.2) is 97.1 Å². The Balaban J connectivity index is 1.21. The van der Waals surface area contributed by atoms with Crippen molar-refractivity contribution in [3.8, 4) is 33.8 Å². The zero-order valence-electron chi connectivity index (χ0n) is 47.7. The molecule has 25 heteroatoms. The summed E-state index contributed by atoms with van der Waals surface area (Å²) < 4.78 is 11.6. The van der Waals surface area contributed by atoms with E-state index in [0.29, 0.717) is 6.61 Å². The van der Waals surface area contributed by atoms with E-state index in [-0.39, 0.29) is 36.6 Å². The molecule has 3 heterocycles. The van der Waals surface area contributed by atoms with Crippen molar-refractivity contribution in [3.05, 3.63) is 108 Å². The van der Waals surface area contributed by atoms with Gasteiger partial charge in [0.05, 0.1) is 37.6 Å². The highest BCUT2D eigenvalue weighted by atomic mass is 16.5. The van der Waals surface area contributed by atoms with Crippen molar-refractivity contribution >= 4 is 41.4 Å². The molecule has 3 saturated heterocycles. The van der Waals surface area contributed by atoms with Crippen LogP contribution in [0.4, 0.5) is 0 Å². The second-order valence-electron chi connectivity index (χ2n) is 21.9. The number of hydrogen-bond donors (Lipinski definition) is 14. The molecule has 7 amide bonds. The van der Waals surface area contributed by atoms with Gasteiger partial charge in [0.15, 0.2) is 6.23 Å². The van der Waals surface area contributed by atoms with Gasteiger partial charge in [-0.3, -0.25) is 33.6 Å². The van der Waals surface area contributed by atoms with Crippen molar-refractivity contribution < 1.29 is 83.9 Å². The maximum atomic E-state index is 14.7. The first kappa shape index (κ1) is 65.0. The zero-order chi connectivity index (χ0) is 61.8. The lowest BCUT2D eigenvalue weighted by Crippen LogP contribution is -2.64. The van der Waals surface area contributed by atoms with E-state index in [2.05, 4.69) is 33.5 Å². The lowest BCUT2D eigenvalue weighted by atomic mass is 9.96. The molecule has 0 aromatic heterocycles. The number of amides is 7. The minimum absolute atomic E-state index is 0.0332. The maximum Gasteiger partial charge on any atom is 0.251 e. The number of benzene rings is 4. The number of ether oxygens (including phenoxy) is 2. The minimum Gasteiger partial charge on any atom is -0.508 e. The molecule has 460 valence electrons. The first-order chi connectivity index (χ1) is 40.5. The van der Waals surface area contributed by atoms with Gasteiger partial charge in [0.25, 0.3) is 5.91 Å². The Morgan fingerprint density at radius 2 is 1.20 bits per heavy atom. The molecular weight excluding hydrogens is 1100 g/mol. The number of hydrogen-bond acceptors (Lipinski definition) is 18. The summed E-state index contributed by atoms with van der Waals surface area (Å²) in [5.41, 5.74) is 9.20. The summed E-state index contributed by atoms with van der Waals surface area (Å²) in [6.45, 7) is 5.08. The number of aromatic hydroxyl groups is 1. The van der Waals surface area contributed by atoms with Crippen molar-refractivity contribution in [1.29, 1.82) is 0 Å². The number of nitrogens with two attached hydrogens (primary N) is 1. The Morgan fingerprint density at radius 3 is 1.76 bits per heavy atom. The summed E-state index contributed by atoms with van der Waals surface area (Å²) in [7, 11) is 0. The predicted octanol–water partition coefficient (Wildman–Crippen LogP) is -0.944. The molecule has 0 aliphatic carbocycles. The molecule has 4 aromatic carbocycles. The lowest BCUT2D eigenvalue weighted by Gasteiger charge is -2.34. The fraction of sp³-hybridized carbons (Fsp3) is 0.483. The van der Waals surface area contributed by atoms with E-state index in [1.807, 2.05) is 48.5 Å². The van der Waals surface area contributed by atoms with Crippen molar-refractivity contribution in [3.63, 3.8) is 0 Å². The van der Waals surface area contributed by atoms with Gasteiger partial charge < -0.3 is 92.4 Å². The lowest BCUT2D eigenvalue weighted by molar-refractivity contribution is -0.149. The SMILES string of the molecule is CCCCCOc1ccc(-c2ccc(-c3ccc(C(=O)N[C@H]4C[C@@H](O)C(OCCN)NC(=O)C5[C@@H](O)[C@@H](C)CN5C(=O)C([C@@H](C)O)NC(=O)C([C@H](O)[C@@H](O)c5ccc(O)cc5)NC(=O)C5C[C@@H](O)CN5C(=O)C([C@@H](C)O)NC4=O)cc3)cc2)cc1. The number of phenolic OH excluding ortho intramolecular Hbond substituents is 1. The third-order valence-corrected chi connectivity index (χ3v) is 15.4. The van der Waals surface area contributed by atoms with E-state index in [4.69, 9.17) is 15.2 Å². The highest BCUT2D eigenvalue weighted by molar-refractivity contribution is 6.00. The van der Waals surface area contributed by atoms with E-state index < -0.39 is 152 Å². The van der Waals surface area contributed by atoms with Gasteiger partial charge in [0.1, 0.15) is 66.1 Å². The van der Waals surface area contributed by atoms with Crippen molar-refractivity contribution in [2.24, 2.45) is 11.7 Å². The van der Waals surface area contributed by atoms with Gasteiger partial charge in [-0.15, -0.1) is 0 Å². The molecule has 85 heavy (non-hydrogen) atoms. The van der Waals surface area contributed by atoms with Gasteiger partial charge >= 0.3 is 0 Å². The largest absolute Gasteiger partial charge is 0.508 e. The van der Waals surface area contributed by atoms with Gasteiger partial charge in [-0.05, 0) is 84.5 Å². The first-order valence-electron chi connectivity index (χ1n) is 28.5. The van der Waals surface area contributed by atoms with E-state index in [1.165, 1.54) is 31.2 Å². The summed E-state index contributed by atoms with van der Waals surface area (Å²) in [4.78, 5) is 103. The van der Waals surface area contributed by atoms with Crippen molar-refractivity contribution in [2.45, 2.75) is 145 Å². The number of phenols is 1. The van der Waals surface area contributed by atoms with Crippen LogP contribution in [-0.2, 0) is 33.5 Å². The van der Waals surface area contributed by atoms with Crippen molar-refractivity contribution in [1.82, 2.24) is 36.4 Å². The summed E-state index contributed by atoms with van der Waals surface area (Å²) in [5.74, 6) is -8.38. The van der Waals surface area contributed by atoms with E-state index in [9.17, 15) is 74.4 Å². The van der Waals surface area contributed by atoms with Crippen molar-refractivity contribution in [2.75, 3.05) is 32.8 Å². The highest BCUT2D eigenvalue weighted by Crippen LogP contribution is 2.30. The summed E-state index contributed by atoms with van der Waals surface area (Å²) in [6, 6.07) is 15.1. The normalized spacial score (nSPS) is 27.0. The van der Waals surface area contributed by atoms with Crippen LogP contribution in [0.2, 0.25) is 0 Å². The fourth-order valence-electron chi connectivity index (χ4n) is 10.6. The van der Waals surface area contributed by atoms with Gasteiger partial charge in [0, 0.05) is 44.0 Å². The van der Waals surface area contributed by atoms with Gasteiger partial charge in [-0.1, -0.05) is 87.4 Å². The number of nitrogens with one attached hydrogen (secondary N) is 5. The molecule has 7 rings (SSSR count). The number of nitrogens with zero attached hydrogens (tertiary/aromatic N) is 2. The monoisotopic (exact) mass is 1180 g/mol. The molecule has 0 bridgehead atoms. The maximum absolute atomic E-state index is 14.7. The molecular formula is C60H78N8O17. The Hall–Kier alpha value is -7.59. The second kappa shape index (κ2) is 29.5. The van der Waals surface area contributed by atoms with Crippen LogP contribution in [-0.4, -0.2) is 204 Å². The first-order valence-corrected chi connectivity index (χ1v) is 28.5. The quantitative estimate of drug-likeness (QED) is 0.0567. The Labute approximate surface area is 491 Å². The molecule has 15 N–H and O–H groups in total. The third kappa shape index (κ3) is 16.0. The number of aliphatic hydroxyl groups is 7. The topological polar surface area (TPSA) is 392 Å². The third-order valence-electron chi connectivity index (χ3n) is 15.4. The fourth-order valence-corrected chi connectivity index (χ4v) is 10.6. The molecule has 0 radical (unpaired) electrons. The second-order valence-corrected chi connectivity index (χ2v) is 21.9. The average molecular weight is 1180 g/mol. The molecule has 0 spiro atoms. The summed E-state index contributed by atoms with van der Waals surface area (Å²) in [5, 5.41) is 102. The molecule has 15 atom stereocenters. The molecule has 25 nitrogen and oxygen atoms in total.